The molecule has 0 amide bonds. The second-order valence-corrected chi connectivity index (χ2v) is 22.4. The number of benzene rings is 7. The van der Waals surface area contributed by atoms with E-state index in [1.165, 1.54) is 106 Å². The van der Waals surface area contributed by atoms with Gasteiger partial charge in [-0.25, -0.2) is 0 Å². The van der Waals surface area contributed by atoms with Gasteiger partial charge in [0.15, 0.2) is 0 Å². The Morgan fingerprint density at radius 1 is 0.387 bits per heavy atom. The molecule has 7 aromatic carbocycles. The molecule has 0 unspecified atom stereocenters. The van der Waals surface area contributed by atoms with E-state index >= 15 is 0 Å². The van der Waals surface area contributed by atoms with Gasteiger partial charge in [0.25, 0.3) is 6.71 Å². The number of nitrogens with zero attached hydrogens (tertiary/aromatic N) is 2. The largest absolute Gasteiger partial charge is 0.311 e. The van der Waals surface area contributed by atoms with Crippen LogP contribution in [0.4, 0.5) is 34.1 Å². The highest BCUT2D eigenvalue weighted by atomic mass is 15.2. The maximum Gasteiger partial charge on any atom is 0.252 e. The van der Waals surface area contributed by atoms with Crippen LogP contribution in [0.3, 0.4) is 0 Å². The van der Waals surface area contributed by atoms with Gasteiger partial charge in [0.05, 0.1) is 0 Å². The molecule has 3 heteroatoms. The van der Waals surface area contributed by atoms with Crippen molar-refractivity contribution in [3.63, 3.8) is 0 Å². The van der Waals surface area contributed by atoms with Crippen molar-refractivity contribution in [2.75, 3.05) is 9.80 Å². The summed E-state index contributed by atoms with van der Waals surface area (Å²) in [6.07, 6.45) is 0.982. The van der Waals surface area contributed by atoms with Crippen LogP contribution in [-0.2, 0) is 28.1 Å². The van der Waals surface area contributed by atoms with Crippen LogP contribution in [0.2, 0.25) is 0 Å². The van der Waals surface area contributed by atoms with E-state index in [9.17, 15) is 0 Å². The second-order valence-electron chi connectivity index (χ2n) is 22.4. The first kappa shape index (κ1) is 40.3. The summed E-state index contributed by atoms with van der Waals surface area (Å²) in [5.74, 6) is 0. The molecular weight excluding hydrogens is 747 g/mol. The minimum Gasteiger partial charge on any atom is -0.311 e. The molecule has 2 heterocycles. The highest BCUT2D eigenvalue weighted by Gasteiger charge is 2.45. The Balaban J connectivity index is 1.27. The minimum absolute atomic E-state index is 0.00959. The molecule has 0 N–H and O–H groups in total. The predicted molar refractivity (Wildman–Crippen MR) is 269 cm³/mol. The van der Waals surface area contributed by atoms with Crippen molar-refractivity contribution >= 4 is 57.2 Å². The van der Waals surface area contributed by atoms with E-state index in [2.05, 4.69) is 232 Å². The molecule has 62 heavy (non-hydrogen) atoms. The Bertz CT molecular complexity index is 2920. The zero-order chi connectivity index (χ0) is 43.7. The third-order valence-electron chi connectivity index (χ3n) is 13.9. The van der Waals surface area contributed by atoms with Gasteiger partial charge in [-0.3, -0.25) is 0 Å². The van der Waals surface area contributed by atoms with Crippen molar-refractivity contribution in [1.29, 1.82) is 0 Å². The fraction of sp³-hybridized carbons (Fsp3) is 0.288. The molecule has 3 aliphatic rings. The van der Waals surface area contributed by atoms with Gasteiger partial charge in [-0.1, -0.05) is 174 Å². The second kappa shape index (κ2) is 13.9. The van der Waals surface area contributed by atoms with Gasteiger partial charge in [0.2, 0.25) is 0 Å². The SMILES string of the molecule is CC(C)(C)c1ccc(N2c3cc(C(C)(C)C)ccc3B3c4ccc(C(C)(C)C)cc4N(c4cccc(-c5cccc6c5-c5ccccc5C6)c4)c4cc(C(C)(C)C)cc2c43)cc1. The zero-order valence-electron chi connectivity index (χ0n) is 39.0. The third-order valence-corrected chi connectivity index (χ3v) is 13.9. The maximum atomic E-state index is 2.62. The van der Waals surface area contributed by atoms with Crippen LogP contribution in [0.1, 0.15) is 116 Å². The third kappa shape index (κ3) is 6.54. The van der Waals surface area contributed by atoms with Crippen molar-refractivity contribution in [1.82, 2.24) is 0 Å². The van der Waals surface area contributed by atoms with E-state index in [1.54, 1.807) is 0 Å². The van der Waals surface area contributed by atoms with Gasteiger partial charge in [-0.15, -0.1) is 0 Å². The first-order valence-corrected chi connectivity index (χ1v) is 22.8. The fourth-order valence-electron chi connectivity index (χ4n) is 10.3. The average Bonchev–Trinajstić information content (AvgIpc) is 3.61. The van der Waals surface area contributed by atoms with Gasteiger partial charge in [0, 0.05) is 34.1 Å². The average molecular weight is 809 g/mol. The van der Waals surface area contributed by atoms with Gasteiger partial charge >= 0.3 is 0 Å². The van der Waals surface area contributed by atoms with E-state index in [1.807, 2.05) is 0 Å². The first-order chi connectivity index (χ1) is 29.3. The molecule has 0 bridgehead atoms. The lowest BCUT2D eigenvalue weighted by Gasteiger charge is -2.46. The van der Waals surface area contributed by atoms with Crippen molar-refractivity contribution in [3.8, 4) is 22.3 Å². The number of fused-ring (bicyclic) bond motifs is 7. The normalized spacial score (nSPS) is 14.3. The Hall–Kier alpha value is -5.80. The van der Waals surface area contributed by atoms with E-state index in [-0.39, 0.29) is 28.4 Å². The Morgan fingerprint density at radius 2 is 0.871 bits per heavy atom. The summed E-state index contributed by atoms with van der Waals surface area (Å²) in [7, 11) is 0. The Kier molecular flexibility index (Phi) is 9.00. The number of hydrogen-bond acceptors (Lipinski definition) is 2. The molecule has 2 aliphatic heterocycles. The highest BCUT2D eigenvalue weighted by Crippen LogP contribution is 2.49. The number of anilines is 6. The predicted octanol–water partition coefficient (Wildman–Crippen LogP) is 14.2. The molecule has 0 saturated carbocycles. The minimum atomic E-state index is -0.102. The molecule has 0 saturated heterocycles. The smallest absolute Gasteiger partial charge is 0.252 e. The van der Waals surface area contributed by atoms with Crippen LogP contribution in [0.15, 0.2) is 140 Å². The van der Waals surface area contributed by atoms with Crippen LogP contribution in [-0.4, -0.2) is 6.71 Å². The molecule has 1 aliphatic carbocycles. The Morgan fingerprint density at radius 3 is 1.45 bits per heavy atom. The van der Waals surface area contributed by atoms with Crippen molar-refractivity contribution in [2.45, 2.75) is 111 Å². The Labute approximate surface area is 371 Å². The molecule has 0 fully saturated rings. The fourth-order valence-corrected chi connectivity index (χ4v) is 10.3. The zero-order valence-corrected chi connectivity index (χ0v) is 39.0. The van der Waals surface area contributed by atoms with Crippen LogP contribution < -0.4 is 26.2 Å². The van der Waals surface area contributed by atoms with E-state index < -0.39 is 0 Å². The van der Waals surface area contributed by atoms with Gasteiger partial charge in [-0.05, 0) is 149 Å². The van der Waals surface area contributed by atoms with Crippen molar-refractivity contribution < 1.29 is 0 Å². The summed E-state index contributed by atoms with van der Waals surface area (Å²) in [5.41, 5.74) is 24.9. The molecule has 10 rings (SSSR count). The molecule has 2 nitrogen and oxygen atoms in total. The van der Waals surface area contributed by atoms with Gasteiger partial charge in [0.1, 0.15) is 0 Å². The van der Waals surface area contributed by atoms with E-state index in [0.717, 1.165) is 6.42 Å². The quantitative estimate of drug-likeness (QED) is 0.164. The summed E-state index contributed by atoms with van der Waals surface area (Å²) >= 11 is 0. The van der Waals surface area contributed by atoms with Crippen LogP contribution >= 0.6 is 0 Å². The standard InChI is InChI=1S/C59H61BN2/c1-56(2,3)40-23-27-44(28-24-40)61-50-33-41(57(4,5)6)25-29-48(50)60-49-30-26-42(58(7,8)9)34-51(49)62(53-36-43(59(10,11)12)35-52(61)55(53)60)45-20-15-18-38(32-45)47-22-16-19-39-31-37-17-13-14-21-46(37)54(39)47/h13-30,32-36H,31H2,1-12H3. The lowest BCUT2D eigenvalue weighted by molar-refractivity contribution is 0.589. The number of rotatable bonds is 3. The van der Waals surface area contributed by atoms with Crippen LogP contribution in [0.5, 0.6) is 0 Å². The summed E-state index contributed by atoms with van der Waals surface area (Å²) in [6.45, 7) is 28.1. The lowest BCUT2D eigenvalue weighted by atomic mass is 9.33. The van der Waals surface area contributed by atoms with E-state index in [4.69, 9.17) is 0 Å². The van der Waals surface area contributed by atoms with E-state index in [0.29, 0.717) is 0 Å². The molecule has 0 spiro atoms. The summed E-state index contributed by atoms with van der Waals surface area (Å²) in [6, 6.07) is 54.3. The molecule has 7 aromatic rings. The van der Waals surface area contributed by atoms with Crippen LogP contribution in [0, 0.1) is 0 Å². The first-order valence-electron chi connectivity index (χ1n) is 22.8. The summed E-state index contributed by atoms with van der Waals surface area (Å²) < 4.78 is 0. The topological polar surface area (TPSA) is 6.48 Å². The van der Waals surface area contributed by atoms with Crippen molar-refractivity contribution in [2.24, 2.45) is 0 Å². The maximum absolute atomic E-state index is 2.62. The molecule has 0 aromatic heterocycles. The molecule has 0 radical (unpaired) electrons. The highest BCUT2D eigenvalue weighted by molar-refractivity contribution is 7.00. The van der Waals surface area contributed by atoms with Crippen LogP contribution in [0.25, 0.3) is 22.3 Å². The molecular formula is C59H61BN2. The van der Waals surface area contributed by atoms with Gasteiger partial charge in [-0.2, -0.15) is 0 Å². The summed E-state index contributed by atoms with van der Waals surface area (Å²) in [5, 5.41) is 0. The van der Waals surface area contributed by atoms with Gasteiger partial charge < -0.3 is 9.80 Å². The summed E-state index contributed by atoms with van der Waals surface area (Å²) in [4.78, 5) is 5.21. The lowest BCUT2D eigenvalue weighted by Crippen LogP contribution is -2.61. The van der Waals surface area contributed by atoms with Crippen molar-refractivity contribution in [3.05, 3.63) is 173 Å². The molecule has 310 valence electrons. The monoisotopic (exact) mass is 808 g/mol. The number of hydrogen-bond donors (Lipinski definition) is 0. The molecule has 0 atom stereocenters.